The first kappa shape index (κ1) is 16.5. The number of halogens is 3. The van der Waals surface area contributed by atoms with Crippen molar-refractivity contribution in [3.05, 3.63) is 58.7 Å². The number of benzene rings is 1. The van der Waals surface area contributed by atoms with Crippen LogP contribution in [0.3, 0.4) is 0 Å². The molecule has 118 valence electrons. The van der Waals surface area contributed by atoms with Gasteiger partial charge in [0.05, 0.1) is 5.56 Å². The zero-order valence-corrected chi connectivity index (χ0v) is 12.7. The van der Waals surface area contributed by atoms with E-state index in [9.17, 15) is 18.0 Å². The summed E-state index contributed by atoms with van der Waals surface area (Å²) in [5.74, 6) is 0.388. The third-order valence-corrected chi connectivity index (χ3v) is 3.91. The van der Waals surface area contributed by atoms with E-state index in [0.29, 0.717) is 23.5 Å². The van der Waals surface area contributed by atoms with Crippen molar-refractivity contribution < 1.29 is 18.0 Å². The van der Waals surface area contributed by atoms with E-state index in [1.807, 2.05) is 12.2 Å². The molecule has 0 fully saturated rings. The van der Waals surface area contributed by atoms with E-state index >= 15 is 0 Å². The van der Waals surface area contributed by atoms with Gasteiger partial charge in [-0.15, -0.1) is 0 Å². The van der Waals surface area contributed by atoms with Crippen LogP contribution in [-0.2, 0) is 17.4 Å². The van der Waals surface area contributed by atoms with E-state index < -0.39 is 11.7 Å². The van der Waals surface area contributed by atoms with Crippen LogP contribution in [0.25, 0.3) is 0 Å². The van der Waals surface area contributed by atoms with Gasteiger partial charge in [-0.1, -0.05) is 49.8 Å². The van der Waals surface area contributed by atoms with E-state index in [1.165, 1.54) is 17.7 Å². The van der Waals surface area contributed by atoms with Crippen LogP contribution < -0.4 is 0 Å². The highest BCUT2D eigenvalue weighted by atomic mass is 19.4. The Morgan fingerprint density at radius 2 is 2.05 bits per heavy atom. The summed E-state index contributed by atoms with van der Waals surface area (Å²) in [5.41, 5.74) is 1.81. The van der Waals surface area contributed by atoms with Crippen LogP contribution in [0.1, 0.15) is 31.4 Å². The molecule has 0 radical (unpaired) electrons. The summed E-state index contributed by atoms with van der Waals surface area (Å²) >= 11 is 0. The average molecular weight is 308 g/mol. The van der Waals surface area contributed by atoms with Gasteiger partial charge in [0.25, 0.3) is 0 Å². The third-order valence-electron chi connectivity index (χ3n) is 3.91. The molecule has 0 aromatic heterocycles. The van der Waals surface area contributed by atoms with Crippen LogP contribution in [0.15, 0.2) is 47.6 Å². The molecule has 1 atom stereocenters. The molecular formula is C18H19F3O. The van der Waals surface area contributed by atoms with Crippen LogP contribution in [-0.4, -0.2) is 6.29 Å². The highest BCUT2D eigenvalue weighted by molar-refractivity contribution is 5.78. The second-order valence-electron chi connectivity index (χ2n) is 6.02. The Hall–Kier alpha value is -1.84. The van der Waals surface area contributed by atoms with E-state index in [2.05, 4.69) is 13.8 Å². The highest BCUT2D eigenvalue weighted by Crippen LogP contribution is 2.32. The number of rotatable bonds is 4. The summed E-state index contributed by atoms with van der Waals surface area (Å²) in [6.45, 7) is 4.11. The Bertz CT molecular complexity index is 609. The molecule has 4 heteroatoms. The van der Waals surface area contributed by atoms with Crippen molar-refractivity contribution in [3.63, 3.8) is 0 Å². The van der Waals surface area contributed by atoms with E-state index in [4.69, 9.17) is 0 Å². The van der Waals surface area contributed by atoms with Gasteiger partial charge in [0, 0.05) is 5.57 Å². The SMILES string of the molecule is CC(C)C1=CC(C=O)=CC(Cc2cccc(C(F)(F)F)c2)C1. The standard InChI is InChI=1S/C18H19F3O/c1-12(2)16-8-14(7-15(9-16)11-22)6-13-4-3-5-17(10-13)18(19,20)21/h3-5,7,9-12,14H,6,8H2,1-2H3. The smallest absolute Gasteiger partial charge is 0.298 e. The highest BCUT2D eigenvalue weighted by Gasteiger charge is 2.30. The van der Waals surface area contributed by atoms with Gasteiger partial charge in [0.1, 0.15) is 6.29 Å². The first-order valence-corrected chi connectivity index (χ1v) is 7.33. The Morgan fingerprint density at radius 1 is 1.32 bits per heavy atom. The quantitative estimate of drug-likeness (QED) is 0.717. The molecule has 1 nitrogen and oxygen atoms in total. The second-order valence-corrected chi connectivity index (χ2v) is 6.02. The van der Waals surface area contributed by atoms with Gasteiger partial charge in [-0.3, -0.25) is 4.79 Å². The summed E-state index contributed by atoms with van der Waals surface area (Å²) < 4.78 is 38.3. The monoisotopic (exact) mass is 308 g/mol. The van der Waals surface area contributed by atoms with Crippen molar-refractivity contribution in [2.45, 2.75) is 32.9 Å². The largest absolute Gasteiger partial charge is 0.416 e. The molecule has 0 N–H and O–H groups in total. The lowest BCUT2D eigenvalue weighted by atomic mass is 9.82. The molecule has 0 saturated carbocycles. The van der Waals surface area contributed by atoms with Crippen LogP contribution in [0, 0.1) is 11.8 Å². The fourth-order valence-electron chi connectivity index (χ4n) is 2.74. The molecule has 0 saturated heterocycles. The Morgan fingerprint density at radius 3 is 2.64 bits per heavy atom. The first-order chi connectivity index (χ1) is 10.3. The van der Waals surface area contributed by atoms with E-state index in [0.717, 1.165) is 18.8 Å². The lowest BCUT2D eigenvalue weighted by molar-refractivity contribution is -0.137. The molecule has 0 bridgehead atoms. The molecule has 0 spiro atoms. The Balaban J connectivity index is 2.19. The minimum absolute atomic E-state index is 0.0612. The fraction of sp³-hybridized carbons (Fsp3) is 0.389. The van der Waals surface area contributed by atoms with Gasteiger partial charge < -0.3 is 0 Å². The predicted octanol–water partition coefficient (Wildman–Crippen LogP) is 4.98. The van der Waals surface area contributed by atoms with Gasteiger partial charge in [-0.25, -0.2) is 0 Å². The van der Waals surface area contributed by atoms with Crippen molar-refractivity contribution in [2.75, 3.05) is 0 Å². The molecule has 0 heterocycles. The van der Waals surface area contributed by atoms with Crippen LogP contribution in [0.5, 0.6) is 0 Å². The number of aldehydes is 1. The van der Waals surface area contributed by atoms with E-state index in [-0.39, 0.29) is 5.92 Å². The number of carbonyl (C=O) groups excluding carboxylic acids is 1. The maximum absolute atomic E-state index is 12.8. The van der Waals surface area contributed by atoms with Crippen LogP contribution >= 0.6 is 0 Å². The number of alkyl halides is 3. The van der Waals surface area contributed by atoms with Crippen molar-refractivity contribution in [1.82, 2.24) is 0 Å². The normalized spacial score (nSPS) is 18.9. The summed E-state index contributed by atoms with van der Waals surface area (Å²) in [7, 11) is 0. The maximum atomic E-state index is 12.8. The molecular weight excluding hydrogens is 289 g/mol. The average Bonchev–Trinajstić information content (AvgIpc) is 2.46. The minimum Gasteiger partial charge on any atom is -0.298 e. The summed E-state index contributed by atoms with van der Waals surface area (Å²) in [6.07, 6.45) is 1.52. The maximum Gasteiger partial charge on any atom is 0.416 e. The van der Waals surface area contributed by atoms with Gasteiger partial charge in [-0.05, 0) is 36.3 Å². The molecule has 1 aliphatic carbocycles. The zero-order valence-electron chi connectivity index (χ0n) is 12.7. The molecule has 1 aliphatic rings. The molecule has 2 rings (SSSR count). The van der Waals surface area contributed by atoms with Gasteiger partial charge in [0.2, 0.25) is 0 Å². The lowest BCUT2D eigenvalue weighted by Gasteiger charge is -2.23. The van der Waals surface area contributed by atoms with Crippen molar-refractivity contribution in [1.29, 1.82) is 0 Å². The molecule has 1 aromatic carbocycles. The third kappa shape index (κ3) is 4.09. The van der Waals surface area contributed by atoms with Crippen LogP contribution in [0.4, 0.5) is 13.2 Å². The fourth-order valence-corrected chi connectivity index (χ4v) is 2.74. The van der Waals surface area contributed by atoms with E-state index in [1.54, 1.807) is 6.07 Å². The topological polar surface area (TPSA) is 17.1 Å². The molecule has 1 aromatic rings. The summed E-state index contributed by atoms with van der Waals surface area (Å²) in [6, 6.07) is 5.42. The number of allylic oxidation sites excluding steroid dienone is 4. The van der Waals surface area contributed by atoms with Crippen molar-refractivity contribution in [3.8, 4) is 0 Å². The van der Waals surface area contributed by atoms with Crippen molar-refractivity contribution in [2.24, 2.45) is 11.8 Å². The van der Waals surface area contributed by atoms with Gasteiger partial charge in [0.15, 0.2) is 0 Å². The Labute approximate surface area is 128 Å². The minimum atomic E-state index is -4.32. The number of carbonyl (C=O) groups is 1. The van der Waals surface area contributed by atoms with Crippen LogP contribution in [0.2, 0.25) is 0 Å². The predicted molar refractivity (Wildman–Crippen MR) is 80.3 cm³/mol. The van der Waals surface area contributed by atoms with Gasteiger partial charge >= 0.3 is 6.18 Å². The molecule has 22 heavy (non-hydrogen) atoms. The zero-order chi connectivity index (χ0) is 16.3. The van der Waals surface area contributed by atoms with Gasteiger partial charge in [-0.2, -0.15) is 13.2 Å². The summed E-state index contributed by atoms with van der Waals surface area (Å²) in [5, 5.41) is 0. The second kappa shape index (κ2) is 6.51. The molecule has 0 aliphatic heterocycles. The molecule has 0 amide bonds. The first-order valence-electron chi connectivity index (χ1n) is 7.33. The molecule has 1 unspecified atom stereocenters. The lowest BCUT2D eigenvalue weighted by Crippen LogP contribution is -2.12. The summed E-state index contributed by atoms with van der Waals surface area (Å²) in [4.78, 5) is 11.1. The number of hydrogen-bond donors (Lipinski definition) is 0. The Kier molecular flexibility index (Phi) is 4.89. The van der Waals surface area contributed by atoms with Crippen molar-refractivity contribution >= 4 is 6.29 Å². The number of hydrogen-bond acceptors (Lipinski definition) is 1.